The molecule has 1 atom stereocenters. The maximum Gasteiger partial charge on any atom is 0.119 e. The van der Waals surface area contributed by atoms with Crippen LogP contribution in [0.2, 0.25) is 0 Å². The molecular formula is C16H19BrN2O. The summed E-state index contributed by atoms with van der Waals surface area (Å²) in [7, 11) is 1.67. The van der Waals surface area contributed by atoms with E-state index in [4.69, 9.17) is 10.6 Å². The first-order valence-corrected chi connectivity index (χ1v) is 7.28. The zero-order valence-electron chi connectivity index (χ0n) is 11.7. The van der Waals surface area contributed by atoms with Gasteiger partial charge in [0.05, 0.1) is 13.2 Å². The lowest BCUT2D eigenvalue weighted by molar-refractivity contribution is 0.413. The number of ether oxygens (including phenoxy) is 1. The zero-order chi connectivity index (χ0) is 14.5. The van der Waals surface area contributed by atoms with Crippen LogP contribution in [0.4, 0.5) is 0 Å². The normalized spacial score (nSPS) is 12.2. The summed E-state index contributed by atoms with van der Waals surface area (Å²) < 4.78 is 6.34. The first kappa shape index (κ1) is 15.0. The van der Waals surface area contributed by atoms with E-state index in [9.17, 15) is 0 Å². The van der Waals surface area contributed by atoms with Crippen molar-refractivity contribution in [1.29, 1.82) is 0 Å². The predicted octanol–water partition coefficient (Wildman–Crippen LogP) is 3.51. The summed E-state index contributed by atoms with van der Waals surface area (Å²) in [6.45, 7) is 2.08. The van der Waals surface area contributed by atoms with Gasteiger partial charge in [-0.2, -0.15) is 0 Å². The number of methoxy groups -OCH3 is 1. The van der Waals surface area contributed by atoms with Gasteiger partial charge in [-0.25, -0.2) is 0 Å². The molecule has 0 aliphatic rings. The molecule has 4 heteroatoms. The van der Waals surface area contributed by atoms with Crippen LogP contribution in [0, 0.1) is 6.92 Å². The zero-order valence-corrected chi connectivity index (χ0v) is 13.3. The molecule has 2 aromatic rings. The molecule has 0 radical (unpaired) electrons. The van der Waals surface area contributed by atoms with Crippen molar-refractivity contribution < 1.29 is 4.74 Å². The monoisotopic (exact) mass is 334 g/mol. The molecule has 0 saturated carbocycles. The number of rotatable bonds is 5. The van der Waals surface area contributed by atoms with E-state index in [0.29, 0.717) is 0 Å². The number of hydrogen-bond acceptors (Lipinski definition) is 3. The lowest BCUT2D eigenvalue weighted by Gasteiger charge is -2.18. The number of nitrogens with two attached hydrogens (primary N) is 1. The van der Waals surface area contributed by atoms with Crippen LogP contribution in [0.5, 0.6) is 5.75 Å². The van der Waals surface area contributed by atoms with Crippen molar-refractivity contribution in [2.75, 3.05) is 7.11 Å². The second-order valence-corrected chi connectivity index (χ2v) is 5.65. The van der Waals surface area contributed by atoms with Crippen LogP contribution in [0.15, 0.2) is 46.9 Å². The molecule has 0 amide bonds. The average Bonchev–Trinajstić information content (AvgIpc) is 2.46. The van der Waals surface area contributed by atoms with Gasteiger partial charge >= 0.3 is 0 Å². The highest BCUT2D eigenvalue weighted by Gasteiger charge is 2.13. The van der Waals surface area contributed by atoms with Gasteiger partial charge in [-0.15, -0.1) is 0 Å². The molecule has 0 fully saturated rings. The first-order valence-electron chi connectivity index (χ1n) is 6.49. The molecule has 0 aromatic heterocycles. The Kier molecular flexibility index (Phi) is 5.17. The Morgan fingerprint density at radius 3 is 2.70 bits per heavy atom. The van der Waals surface area contributed by atoms with E-state index in [-0.39, 0.29) is 6.04 Å². The maximum atomic E-state index is 5.73. The molecule has 0 aliphatic carbocycles. The van der Waals surface area contributed by atoms with Crippen LogP contribution in [-0.4, -0.2) is 7.11 Å². The van der Waals surface area contributed by atoms with Gasteiger partial charge in [0, 0.05) is 4.47 Å². The van der Waals surface area contributed by atoms with Crippen molar-refractivity contribution in [1.82, 2.24) is 5.43 Å². The molecule has 0 aliphatic heterocycles. The van der Waals surface area contributed by atoms with Crippen molar-refractivity contribution in [3.8, 4) is 5.75 Å². The number of nitrogens with one attached hydrogen (secondary N) is 1. The summed E-state index contributed by atoms with van der Waals surface area (Å²) in [5, 5.41) is 0. The largest absolute Gasteiger partial charge is 0.497 e. The SMILES string of the molecule is COc1ccc(Br)c(CC(NN)c2cccc(C)c2)c1. The number of hydrazine groups is 1. The van der Waals surface area contributed by atoms with E-state index in [2.05, 4.69) is 52.5 Å². The molecule has 2 aromatic carbocycles. The first-order chi connectivity index (χ1) is 9.63. The van der Waals surface area contributed by atoms with Gasteiger partial charge < -0.3 is 4.74 Å². The third kappa shape index (κ3) is 3.60. The Bertz CT molecular complexity index is 586. The van der Waals surface area contributed by atoms with E-state index in [1.807, 2.05) is 18.2 Å². The van der Waals surface area contributed by atoms with E-state index in [1.165, 1.54) is 11.1 Å². The van der Waals surface area contributed by atoms with Crippen molar-refractivity contribution >= 4 is 15.9 Å². The van der Waals surface area contributed by atoms with Gasteiger partial charge in [-0.05, 0) is 42.7 Å². The van der Waals surface area contributed by atoms with Gasteiger partial charge in [0.15, 0.2) is 0 Å². The number of benzene rings is 2. The smallest absolute Gasteiger partial charge is 0.119 e. The average molecular weight is 335 g/mol. The third-order valence-electron chi connectivity index (χ3n) is 3.32. The van der Waals surface area contributed by atoms with Gasteiger partial charge in [0.1, 0.15) is 5.75 Å². The van der Waals surface area contributed by atoms with E-state index in [1.54, 1.807) is 7.11 Å². The van der Waals surface area contributed by atoms with Gasteiger partial charge in [-0.1, -0.05) is 45.8 Å². The minimum atomic E-state index is 0.0679. The van der Waals surface area contributed by atoms with Crippen molar-refractivity contribution in [3.63, 3.8) is 0 Å². The Hall–Kier alpha value is -1.36. The minimum absolute atomic E-state index is 0.0679. The summed E-state index contributed by atoms with van der Waals surface area (Å²) in [5.41, 5.74) is 6.47. The maximum absolute atomic E-state index is 5.73. The van der Waals surface area contributed by atoms with Crippen molar-refractivity contribution in [2.24, 2.45) is 5.84 Å². The summed E-state index contributed by atoms with van der Waals surface area (Å²) >= 11 is 3.58. The molecular weight excluding hydrogens is 316 g/mol. The fourth-order valence-corrected chi connectivity index (χ4v) is 2.62. The van der Waals surface area contributed by atoms with E-state index in [0.717, 1.165) is 22.2 Å². The highest BCUT2D eigenvalue weighted by Crippen LogP contribution is 2.27. The molecule has 2 rings (SSSR count). The Morgan fingerprint density at radius 1 is 1.25 bits per heavy atom. The molecule has 0 saturated heterocycles. The fourth-order valence-electron chi connectivity index (χ4n) is 2.21. The third-order valence-corrected chi connectivity index (χ3v) is 4.10. The summed E-state index contributed by atoms with van der Waals surface area (Å²) in [4.78, 5) is 0. The van der Waals surface area contributed by atoms with Gasteiger partial charge in [0.25, 0.3) is 0 Å². The number of halogens is 1. The van der Waals surface area contributed by atoms with Crippen molar-refractivity contribution in [2.45, 2.75) is 19.4 Å². The summed E-state index contributed by atoms with van der Waals surface area (Å²) in [5.74, 6) is 6.58. The Balaban J connectivity index is 2.26. The van der Waals surface area contributed by atoms with Crippen LogP contribution in [0.3, 0.4) is 0 Å². The van der Waals surface area contributed by atoms with Crippen LogP contribution in [0.25, 0.3) is 0 Å². The molecule has 1 unspecified atom stereocenters. The highest BCUT2D eigenvalue weighted by atomic mass is 79.9. The lowest BCUT2D eigenvalue weighted by atomic mass is 9.98. The molecule has 0 bridgehead atoms. The molecule has 0 heterocycles. The van der Waals surface area contributed by atoms with E-state index < -0.39 is 0 Å². The molecule has 106 valence electrons. The minimum Gasteiger partial charge on any atom is -0.497 e. The van der Waals surface area contributed by atoms with Crippen molar-refractivity contribution in [3.05, 3.63) is 63.6 Å². The van der Waals surface area contributed by atoms with Gasteiger partial charge in [-0.3, -0.25) is 11.3 Å². The number of aryl methyl sites for hydroxylation is 1. The van der Waals surface area contributed by atoms with Crippen LogP contribution in [-0.2, 0) is 6.42 Å². The van der Waals surface area contributed by atoms with Gasteiger partial charge in [0.2, 0.25) is 0 Å². The molecule has 3 N–H and O–H groups in total. The van der Waals surface area contributed by atoms with Crippen LogP contribution in [0.1, 0.15) is 22.7 Å². The Labute approximate surface area is 128 Å². The molecule has 0 spiro atoms. The predicted molar refractivity (Wildman–Crippen MR) is 85.6 cm³/mol. The van der Waals surface area contributed by atoms with Crippen LogP contribution < -0.4 is 16.0 Å². The summed E-state index contributed by atoms with van der Waals surface area (Å²) in [6, 6.07) is 14.4. The number of hydrogen-bond donors (Lipinski definition) is 2. The quantitative estimate of drug-likeness (QED) is 0.649. The highest BCUT2D eigenvalue weighted by molar-refractivity contribution is 9.10. The molecule has 3 nitrogen and oxygen atoms in total. The second-order valence-electron chi connectivity index (χ2n) is 4.79. The lowest BCUT2D eigenvalue weighted by Crippen LogP contribution is -2.29. The second kappa shape index (κ2) is 6.88. The fraction of sp³-hybridized carbons (Fsp3) is 0.250. The topological polar surface area (TPSA) is 47.3 Å². The van der Waals surface area contributed by atoms with E-state index >= 15 is 0 Å². The molecule has 20 heavy (non-hydrogen) atoms. The summed E-state index contributed by atoms with van der Waals surface area (Å²) in [6.07, 6.45) is 0.789. The standard InChI is InChI=1S/C16H19BrN2O/c1-11-4-3-5-12(8-11)16(19-18)10-13-9-14(20-2)6-7-15(13)17/h3-9,16,19H,10,18H2,1-2H3. The Morgan fingerprint density at radius 2 is 2.05 bits per heavy atom. The van der Waals surface area contributed by atoms with Crippen LogP contribution >= 0.6 is 15.9 Å².